The molecule has 0 bridgehead atoms. The van der Waals surface area contributed by atoms with Crippen LogP contribution in [-0.4, -0.2) is 21.4 Å². The molecule has 1 aliphatic carbocycles. The number of rotatable bonds is 2. The number of hydrogen-bond donors (Lipinski definition) is 3. The third kappa shape index (κ3) is 3.94. The molecule has 0 saturated heterocycles. The highest BCUT2D eigenvalue weighted by atomic mass is 32.1. The Morgan fingerprint density at radius 1 is 1.14 bits per heavy atom. The zero-order valence-corrected chi connectivity index (χ0v) is 13.0. The van der Waals surface area contributed by atoms with Crippen LogP contribution in [0.4, 0.5) is 5.69 Å². The van der Waals surface area contributed by atoms with Crippen molar-refractivity contribution >= 4 is 33.9 Å². The number of aromatic amines is 1. The maximum Gasteiger partial charge on any atom is 0.170 e. The smallest absolute Gasteiger partial charge is 0.170 e. The Morgan fingerprint density at radius 2 is 1.90 bits per heavy atom. The molecule has 5 heteroatoms. The molecule has 1 heterocycles. The molecule has 1 saturated carbocycles. The fourth-order valence-electron chi connectivity index (χ4n) is 2.97. The predicted octanol–water partition coefficient (Wildman–Crippen LogP) is 3.96. The lowest BCUT2D eigenvalue weighted by Crippen LogP contribution is -2.38. The van der Waals surface area contributed by atoms with E-state index >= 15 is 0 Å². The number of hydrogen-bond acceptors (Lipinski definition) is 2. The quantitative estimate of drug-likeness (QED) is 0.735. The van der Waals surface area contributed by atoms with Crippen LogP contribution in [0.15, 0.2) is 24.4 Å². The summed E-state index contributed by atoms with van der Waals surface area (Å²) in [7, 11) is 0. The molecule has 0 atom stereocenters. The molecule has 2 aromatic rings. The van der Waals surface area contributed by atoms with Crippen molar-refractivity contribution < 1.29 is 0 Å². The summed E-state index contributed by atoms with van der Waals surface area (Å²) in [4.78, 5) is 0. The summed E-state index contributed by atoms with van der Waals surface area (Å²) < 4.78 is 0. The van der Waals surface area contributed by atoms with E-state index in [1.807, 2.05) is 24.4 Å². The van der Waals surface area contributed by atoms with Gasteiger partial charge in [-0.25, -0.2) is 0 Å². The number of anilines is 1. The van der Waals surface area contributed by atoms with E-state index < -0.39 is 0 Å². The second-order valence-corrected chi connectivity index (χ2v) is 6.22. The lowest BCUT2D eigenvalue weighted by molar-refractivity contribution is 0.430. The summed E-state index contributed by atoms with van der Waals surface area (Å²) in [5.41, 5.74) is 2.02. The molecule has 1 aromatic heterocycles. The summed E-state index contributed by atoms with van der Waals surface area (Å²) in [6.07, 6.45) is 11.0. The van der Waals surface area contributed by atoms with Crippen LogP contribution in [0.2, 0.25) is 0 Å². The third-order valence-corrected chi connectivity index (χ3v) is 4.36. The van der Waals surface area contributed by atoms with Gasteiger partial charge in [-0.15, -0.1) is 0 Å². The van der Waals surface area contributed by atoms with Crippen LogP contribution in [-0.2, 0) is 0 Å². The van der Waals surface area contributed by atoms with E-state index in [2.05, 4.69) is 20.8 Å². The average Bonchev–Trinajstić information content (AvgIpc) is 2.89. The van der Waals surface area contributed by atoms with Gasteiger partial charge in [-0.2, -0.15) is 5.10 Å². The molecule has 4 nitrogen and oxygen atoms in total. The SMILES string of the molecule is S=C(Nc1ccc2cn[nH]c2c1)NC1CCCCCCC1. The lowest BCUT2D eigenvalue weighted by atomic mass is 9.97. The van der Waals surface area contributed by atoms with Gasteiger partial charge in [0.15, 0.2) is 5.11 Å². The highest BCUT2D eigenvalue weighted by Gasteiger charge is 2.12. The second-order valence-electron chi connectivity index (χ2n) is 5.81. The van der Waals surface area contributed by atoms with Crippen LogP contribution in [0, 0.1) is 0 Å². The summed E-state index contributed by atoms with van der Waals surface area (Å²) in [5.74, 6) is 0. The van der Waals surface area contributed by atoms with Gasteiger partial charge in [0.05, 0.1) is 11.7 Å². The van der Waals surface area contributed by atoms with Crippen molar-refractivity contribution in [2.45, 2.75) is 51.0 Å². The van der Waals surface area contributed by atoms with Gasteiger partial charge in [-0.1, -0.05) is 32.1 Å². The Labute approximate surface area is 130 Å². The van der Waals surface area contributed by atoms with Crippen molar-refractivity contribution in [2.75, 3.05) is 5.32 Å². The van der Waals surface area contributed by atoms with Crippen LogP contribution in [0.25, 0.3) is 10.9 Å². The van der Waals surface area contributed by atoms with Crippen molar-refractivity contribution in [1.82, 2.24) is 15.5 Å². The largest absolute Gasteiger partial charge is 0.360 e. The number of thiocarbonyl (C=S) groups is 1. The fraction of sp³-hybridized carbons (Fsp3) is 0.500. The third-order valence-electron chi connectivity index (χ3n) is 4.14. The van der Waals surface area contributed by atoms with Gasteiger partial charge in [0.25, 0.3) is 0 Å². The molecule has 1 aliphatic rings. The van der Waals surface area contributed by atoms with E-state index in [9.17, 15) is 0 Å². The monoisotopic (exact) mass is 302 g/mol. The van der Waals surface area contributed by atoms with E-state index in [1.54, 1.807) is 0 Å². The fourth-order valence-corrected chi connectivity index (χ4v) is 3.25. The highest BCUT2D eigenvalue weighted by molar-refractivity contribution is 7.80. The molecular weight excluding hydrogens is 280 g/mol. The van der Waals surface area contributed by atoms with Crippen molar-refractivity contribution in [3.8, 4) is 0 Å². The van der Waals surface area contributed by atoms with Crippen LogP contribution in [0.3, 0.4) is 0 Å². The van der Waals surface area contributed by atoms with Crippen molar-refractivity contribution in [1.29, 1.82) is 0 Å². The minimum Gasteiger partial charge on any atom is -0.360 e. The minimum absolute atomic E-state index is 0.515. The molecule has 112 valence electrons. The summed E-state index contributed by atoms with van der Waals surface area (Å²) in [6.45, 7) is 0. The zero-order chi connectivity index (χ0) is 14.5. The second kappa shape index (κ2) is 6.89. The van der Waals surface area contributed by atoms with Gasteiger partial charge >= 0.3 is 0 Å². The molecule has 0 unspecified atom stereocenters. The molecule has 3 rings (SSSR count). The van der Waals surface area contributed by atoms with E-state index in [4.69, 9.17) is 12.2 Å². The van der Waals surface area contributed by atoms with Crippen LogP contribution >= 0.6 is 12.2 Å². The van der Waals surface area contributed by atoms with Crippen molar-refractivity contribution in [3.63, 3.8) is 0 Å². The van der Waals surface area contributed by atoms with E-state index in [1.165, 1.54) is 44.9 Å². The number of nitrogens with one attached hydrogen (secondary N) is 3. The number of fused-ring (bicyclic) bond motifs is 1. The Bertz CT molecular complexity index is 599. The highest BCUT2D eigenvalue weighted by Crippen LogP contribution is 2.18. The molecule has 21 heavy (non-hydrogen) atoms. The zero-order valence-electron chi connectivity index (χ0n) is 12.2. The van der Waals surface area contributed by atoms with Crippen molar-refractivity contribution in [2.24, 2.45) is 0 Å². The van der Waals surface area contributed by atoms with E-state index in [0.717, 1.165) is 21.7 Å². The molecule has 3 N–H and O–H groups in total. The first-order valence-corrected chi connectivity index (χ1v) is 8.23. The standard InChI is InChI=1S/C16H22N4S/c21-16(18-13-6-4-2-1-3-5-7-13)19-14-9-8-12-11-17-20-15(12)10-14/h8-11,13H,1-7H2,(H,17,20)(H2,18,19,21). The van der Waals surface area contributed by atoms with Crippen LogP contribution in [0.1, 0.15) is 44.9 Å². The topological polar surface area (TPSA) is 52.7 Å². The van der Waals surface area contributed by atoms with E-state index in [-0.39, 0.29) is 0 Å². The predicted molar refractivity (Wildman–Crippen MR) is 91.6 cm³/mol. The number of H-pyrrole nitrogens is 1. The van der Waals surface area contributed by atoms with Gasteiger partial charge < -0.3 is 10.6 Å². The van der Waals surface area contributed by atoms with Crippen LogP contribution in [0.5, 0.6) is 0 Å². The Balaban J connectivity index is 1.57. The molecule has 1 aromatic carbocycles. The molecule has 0 amide bonds. The minimum atomic E-state index is 0.515. The molecule has 0 radical (unpaired) electrons. The average molecular weight is 302 g/mol. The molecule has 0 aliphatic heterocycles. The summed E-state index contributed by atoms with van der Waals surface area (Å²) in [5, 5.41) is 15.6. The summed E-state index contributed by atoms with van der Waals surface area (Å²) in [6, 6.07) is 6.62. The van der Waals surface area contributed by atoms with Gasteiger partial charge in [0.2, 0.25) is 0 Å². The van der Waals surface area contributed by atoms with Gasteiger partial charge in [-0.3, -0.25) is 5.10 Å². The van der Waals surface area contributed by atoms with E-state index in [0.29, 0.717) is 6.04 Å². The number of aromatic nitrogens is 2. The lowest BCUT2D eigenvalue weighted by Gasteiger charge is -2.22. The van der Waals surface area contributed by atoms with Crippen molar-refractivity contribution in [3.05, 3.63) is 24.4 Å². The first kappa shape index (κ1) is 14.3. The van der Waals surface area contributed by atoms with Crippen LogP contribution < -0.4 is 10.6 Å². The summed E-state index contributed by atoms with van der Waals surface area (Å²) >= 11 is 5.45. The molecule has 0 spiro atoms. The van der Waals surface area contributed by atoms with Gasteiger partial charge in [0.1, 0.15) is 0 Å². The normalized spacial score (nSPS) is 17.1. The first-order valence-electron chi connectivity index (χ1n) is 7.82. The van der Waals surface area contributed by atoms with Gasteiger partial charge in [0, 0.05) is 17.1 Å². The Kier molecular flexibility index (Phi) is 4.70. The molecular formula is C16H22N4S. The number of benzene rings is 1. The number of nitrogens with zero attached hydrogens (tertiary/aromatic N) is 1. The Hall–Kier alpha value is -1.62. The maximum atomic E-state index is 5.45. The maximum absolute atomic E-state index is 5.45. The molecule has 1 fully saturated rings. The Morgan fingerprint density at radius 3 is 2.71 bits per heavy atom. The first-order chi connectivity index (χ1) is 10.3. The van der Waals surface area contributed by atoms with Gasteiger partial charge in [-0.05, 0) is 43.3 Å².